The van der Waals surface area contributed by atoms with E-state index >= 15 is 0 Å². The van der Waals surface area contributed by atoms with Crippen molar-refractivity contribution in [2.75, 3.05) is 13.1 Å². The minimum atomic E-state index is 0. The molecule has 106 valence electrons. The van der Waals surface area contributed by atoms with Crippen LogP contribution < -0.4 is 5.73 Å². The number of nitrogens with zero attached hydrogens (tertiary/aromatic N) is 1. The predicted octanol–water partition coefficient (Wildman–Crippen LogP) is 2.82. The summed E-state index contributed by atoms with van der Waals surface area (Å²) in [5, 5.41) is 0. The normalized spacial score (nSPS) is 18.2. The van der Waals surface area contributed by atoms with Crippen molar-refractivity contribution in [2.45, 2.75) is 38.6 Å². The van der Waals surface area contributed by atoms with Crippen molar-refractivity contribution in [3.05, 3.63) is 35.4 Å². The first-order valence-electron chi connectivity index (χ1n) is 6.78. The Morgan fingerprint density at radius 1 is 1.37 bits per heavy atom. The molecule has 1 aliphatic heterocycles. The highest BCUT2D eigenvalue weighted by atomic mass is 35.5. The average Bonchev–Trinajstić information content (AvgIpc) is 2.86. The number of likely N-dealkylation sites (tertiary alicyclic amines) is 1. The van der Waals surface area contributed by atoms with Gasteiger partial charge in [0.1, 0.15) is 0 Å². The number of rotatable bonds is 4. The smallest absolute Gasteiger partial charge is 0.223 e. The summed E-state index contributed by atoms with van der Waals surface area (Å²) < 4.78 is 0. The summed E-state index contributed by atoms with van der Waals surface area (Å²) in [4.78, 5) is 14.2. The van der Waals surface area contributed by atoms with Gasteiger partial charge in [-0.05, 0) is 38.3 Å². The van der Waals surface area contributed by atoms with Gasteiger partial charge in [-0.25, -0.2) is 0 Å². The molecule has 1 amide bonds. The molecule has 0 bridgehead atoms. The van der Waals surface area contributed by atoms with E-state index in [2.05, 4.69) is 31.2 Å². The second-order valence-electron chi connectivity index (χ2n) is 5.05. The molecule has 3 nitrogen and oxygen atoms in total. The van der Waals surface area contributed by atoms with E-state index in [1.807, 2.05) is 4.90 Å². The van der Waals surface area contributed by atoms with Crippen molar-refractivity contribution >= 4 is 18.3 Å². The largest absolute Gasteiger partial charge is 0.336 e. The second-order valence-corrected chi connectivity index (χ2v) is 5.05. The first kappa shape index (κ1) is 16.0. The van der Waals surface area contributed by atoms with Gasteiger partial charge in [-0.3, -0.25) is 4.79 Å². The maximum absolute atomic E-state index is 12.1. The fraction of sp³-hybridized carbons (Fsp3) is 0.533. The van der Waals surface area contributed by atoms with Gasteiger partial charge in [0.15, 0.2) is 0 Å². The van der Waals surface area contributed by atoms with Gasteiger partial charge in [-0.15, -0.1) is 12.4 Å². The molecule has 2 N–H and O–H groups in total. The third-order valence-corrected chi connectivity index (χ3v) is 3.63. The first-order chi connectivity index (χ1) is 8.72. The van der Waals surface area contributed by atoms with Crippen LogP contribution in [-0.2, 0) is 4.79 Å². The number of aryl methyl sites for hydroxylation is 1. The lowest BCUT2D eigenvalue weighted by atomic mass is 10.0. The Labute approximate surface area is 121 Å². The zero-order valence-electron chi connectivity index (χ0n) is 11.5. The second kappa shape index (κ2) is 7.51. The topological polar surface area (TPSA) is 46.3 Å². The number of amides is 1. The number of hydrogen-bond donors (Lipinski definition) is 1. The molecule has 0 spiro atoms. The molecule has 1 aliphatic rings. The lowest BCUT2D eigenvalue weighted by Gasteiger charge is -2.25. The quantitative estimate of drug-likeness (QED) is 0.923. The zero-order valence-corrected chi connectivity index (χ0v) is 12.3. The highest BCUT2D eigenvalue weighted by molar-refractivity contribution is 5.85. The van der Waals surface area contributed by atoms with Crippen LogP contribution in [0.25, 0.3) is 0 Å². The van der Waals surface area contributed by atoms with Crippen molar-refractivity contribution in [2.24, 2.45) is 5.73 Å². The van der Waals surface area contributed by atoms with Crippen LogP contribution >= 0.6 is 12.4 Å². The maximum atomic E-state index is 12.1. The summed E-state index contributed by atoms with van der Waals surface area (Å²) in [6.45, 7) is 3.57. The van der Waals surface area contributed by atoms with Gasteiger partial charge in [0.2, 0.25) is 5.91 Å². The molecule has 0 aliphatic carbocycles. The van der Waals surface area contributed by atoms with Crippen LogP contribution in [0, 0.1) is 6.92 Å². The Balaban J connectivity index is 0.00000180. The van der Waals surface area contributed by atoms with Crippen LogP contribution in [0.1, 0.15) is 42.9 Å². The Morgan fingerprint density at radius 3 is 2.68 bits per heavy atom. The molecule has 1 fully saturated rings. The monoisotopic (exact) mass is 282 g/mol. The Bertz CT molecular complexity index is 405. The lowest BCUT2D eigenvalue weighted by molar-refractivity contribution is -0.132. The maximum Gasteiger partial charge on any atom is 0.223 e. The fourth-order valence-electron chi connectivity index (χ4n) is 2.60. The van der Waals surface area contributed by atoms with Gasteiger partial charge in [0.25, 0.3) is 0 Å². The molecule has 4 heteroatoms. The van der Waals surface area contributed by atoms with Crippen molar-refractivity contribution < 1.29 is 4.79 Å². The van der Waals surface area contributed by atoms with Crippen LogP contribution in [0.5, 0.6) is 0 Å². The molecule has 0 radical (unpaired) electrons. The summed E-state index contributed by atoms with van der Waals surface area (Å²) >= 11 is 0. The highest BCUT2D eigenvalue weighted by Crippen LogP contribution is 2.32. The SMILES string of the molecule is Cc1ccc(C2CCCN2C(=O)CCCN)cc1.Cl. The third-order valence-electron chi connectivity index (χ3n) is 3.63. The molecule has 1 unspecified atom stereocenters. The molecule has 1 atom stereocenters. The number of nitrogens with two attached hydrogens (primary N) is 1. The summed E-state index contributed by atoms with van der Waals surface area (Å²) in [5.41, 5.74) is 7.99. The molecule has 1 saturated heterocycles. The van der Waals surface area contributed by atoms with Crippen molar-refractivity contribution in [3.8, 4) is 0 Å². The number of halogens is 1. The van der Waals surface area contributed by atoms with Gasteiger partial charge in [-0.1, -0.05) is 29.8 Å². The number of carbonyl (C=O) groups is 1. The van der Waals surface area contributed by atoms with Crippen molar-refractivity contribution in [1.82, 2.24) is 4.90 Å². The fourth-order valence-corrected chi connectivity index (χ4v) is 2.60. The van der Waals surface area contributed by atoms with Crippen molar-refractivity contribution in [3.63, 3.8) is 0 Å². The van der Waals surface area contributed by atoms with Crippen LogP contribution in [0.4, 0.5) is 0 Å². The molecule has 0 saturated carbocycles. The molecular formula is C15H23ClN2O. The van der Waals surface area contributed by atoms with E-state index in [4.69, 9.17) is 5.73 Å². The van der Waals surface area contributed by atoms with Gasteiger partial charge < -0.3 is 10.6 Å². The van der Waals surface area contributed by atoms with Gasteiger partial charge in [-0.2, -0.15) is 0 Å². The molecule has 0 aromatic heterocycles. The number of carbonyl (C=O) groups excluding carboxylic acids is 1. The first-order valence-corrected chi connectivity index (χ1v) is 6.78. The van der Waals surface area contributed by atoms with Crippen LogP contribution in [0.15, 0.2) is 24.3 Å². The minimum absolute atomic E-state index is 0. The molecule has 1 heterocycles. The Kier molecular flexibility index (Phi) is 6.32. The number of benzene rings is 1. The predicted molar refractivity (Wildman–Crippen MR) is 80.4 cm³/mol. The molecular weight excluding hydrogens is 260 g/mol. The summed E-state index contributed by atoms with van der Waals surface area (Å²) in [5.74, 6) is 0.253. The molecule has 19 heavy (non-hydrogen) atoms. The van der Waals surface area contributed by atoms with Crippen molar-refractivity contribution in [1.29, 1.82) is 0 Å². The Hall–Kier alpha value is -1.06. The van der Waals surface area contributed by atoms with E-state index in [9.17, 15) is 4.79 Å². The average molecular weight is 283 g/mol. The van der Waals surface area contributed by atoms with E-state index in [-0.39, 0.29) is 24.4 Å². The van der Waals surface area contributed by atoms with Crippen LogP contribution in [0.2, 0.25) is 0 Å². The van der Waals surface area contributed by atoms with Crippen LogP contribution in [0.3, 0.4) is 0 Å². The van der Waals surface area contributed by atoms with E-state index in [0.29, 0.717) is 13.0 Å². The van der Waals surface area contributed by atoms with E-state index in [1.54, 1.807) is 0 Å². The molecule has 2 rings (SSSR count). The third kappa shape index (κ3) is 3.95. The van der Waals surface area contributed by atoms with Gasteiger partial charge in [0, 0.05) is 13.0 Å². The zero-order chi connectivity index (χ0) is 13.0. The minimum Gasteiger partial charge on any atom is -0.336 e. The molecule has 1 aromatic carbocycles. The van der Waals surface area contributed by atoms with E-state index < -0.39 is 0 Å². The van der Waals surface area contributed by atoms with Crippen LogP contribution in [-0.4, -0.2) is 23.9 Å². The standard InChI is InChI=1S/C15H22N2O.ClH/c1-12-6-8-13(9-7-12)14-4-3-11-17(14)15(18)5-2-10-16;/h6-9,14H,2-5,10-11,16H2,1H3;1H. The van der Waals surface area contributed by atoms with E-state index in [1.165, 1.54) is 11.1 Å². The highest BCUT2D eigenvalue weighted by Gasteiger charge is 2.29. The molecule has 1 aromatic rings. The van der Waals surface area contributed by atoms with Gasteiger partial charge >= 0.3 is 0 Å². The summed E-state index contributed by atoms with van der Waals surface area (Å²) in [6.07, 6.45) is 3.55. The summed E-state index contributed by atoms with van der Waals surface area (Å²) in [7, 11) is 0. The van der Waals surface area contributed by atoms with Gasteiger partial charge in [0.05, 0.1) is 6.04 Å². The van der Waals surface area contributed by atoms with E-state index in [0.717, 1.165) is 25.8 Å². The Morgan fingerprint density at radius 2 is 2.05 bits per heavy atom. The number of hydrogen-bond acceptors (Lipinski definition) is 2. The lowest BCUT2D eigenvalue weighted by Crippen LogP contribution is -2.30. The summed E-state index contributed by atoms with van der Waals surface area (Å²) in [6, 6.07) is 8.81.